The quantitative estimate of drug-likeness (QED) is 0.228. The molecular weight excluding hydrogens is 302 g/mol. The molecule has 5 atom stereocenters. The van der Waals surface area contributed by atoms with Crippen LogP contribution in [0.25, 0.3) is 0 Å². The van der Waals surface area contributed by atoms with Gasteiger partial charge >= 0.3 is 6.03 Å². The molecule has 0 spiro atoms. The van der Waals surface area contributed by atoms with Crippen molar-refractivity contribution in [3.05, 3.63) is 0 Å². The summed E-state index contributed by atoms with van der Waals surface area (Å²) >= 11 is 0. The number of aliphatic hydroxyl groups excluding tert-OH is 2. The molecule has 0 radical (unpaired) electrons. The molecule has 0 aromatic heterocycles. The van der Waals surface area contributed by atoms with Gasteiger partial charge in [0.2, 0.25) is 0 Å². The number of nitrogens with one attached hydrogen (secondary N) is 2. The highest BCUT2D eigenvalue weighted by Crippen LogP contribution is 2.34. The number of nitrogens with zero attached hydrogens (tertiary/aromatic N) is 2. The first kappa shape index (κ1) is 14.9. The summed E-state index contributed by atoms with van der Waals surface area (Å²) in [5.41, 5.74) is 3.31. The fourth-order valence-corrected chi connectivity index (χ4v) is 2.75. The van der Waals surface area contributed by atoms with E-state index in [0.717, 1.165) is 4.90 Å². The SMILES string of the molecule is NC1=NC2N([C@H]3C[C@H](O)[C@@H](CO)O3)C(=O)NC2(OO)C(=O)N1. The van der Waals surface area contributed by atoms with Crippen molar-refractivity contribution < 1.29 is 34.7 Å². The first-order valence-electron chi connectivity index (χ1n) is 6.45. The topological polar surface area (TPSA) is 179 Å². The zero-order valence-electron chi connectivity index (χ0n) is 11.2. The number of ether oxygens (including phenoxy) is 1. The van der Waals surface area contributed by atoms with Crippen molar-refractivity contribution >= 4 is 17.9 Å². The van der Waals surface area contributed by atoms with Crippen molar-refractivity contribution in [2.45, 2.75) is 36.7 Å². The smallest absolute Gasteiger partial charge is 0.324 e. The Morgan fingerprint density at radius 2 is 2.27 bits per heavy atom. The fraction of sp³-hybridized carbons (Fsp3) is 0.700. The number of carbonyl (C=O) groups excluding carboxylic acids is 2. The molecule has 12 nitrogen and oxygen atoms in total. The fourth-order valence-electron chi connectivity index (χ4n) is 2.75. The number of fused-ring (bicyclic) bond motifs is 1. The van der Waals surface area contributed by atoms with Crippen LogP contribution < -0.4 is 16.4 Å². The average molecular weight is 317 g/mol. The largest absolute Gasteiger partial charge is 0.394 e. The predicted octanol–water partition coefficient (Wildman–Crippen LogP) is -3.56. The summed E-state index contributed by atoms with van der Waals surface area (Å²) in [7, 11) is 0. The molecule has 2 saturated heterocycles. The van der Waals surface area contributed by atoms with Crippen molar-refractivity contribution in [1.29, 1.82) is 0 Å². The van der Waals surface area contributed by atoms with E-state index >= 15 is 0 Å². The molecule has 2 fully saturated rings. The van der Waals surface area contributed by atoms with Gasteiger partial charge in [0.05, 0.1) is 12.7 Å². The molecule has 0 bridgehead atoms. The average Bonchev–Trinajstić information content (AvgIpc) is 2.96. The second-order valence-corrected chi connectivity index (χ2v) is 5.12. The molecule has 3 heterocycles. The number of hydrogen-bond acceptors (Lipinski definition) is 9. The second-order valence-electron chi connectivity index (χ2n) is 5.12. The Hall–Kier alpha value is -1.99. The number of aliphatic hydroxyl groups is 2. The van der Waals surface area contributed by atoms with Gasteiger partial charge in [-0.05, 0) is 0 Å². The number of amides is 3. The maximum Gasteiger partial charge on any atom is 0.324 e. The number of hydrogen-bond donors (Lipinski definition) is 6. The van der Waals surface area contributed by atoms with Crippen LogP contribution in [0.1, 0.15) is 6.42 Å². The normalized spacial score (nSPS) is 41.0. The van der Waals surface area contributed by atoms with Crippen LogP contribution in [0.4, 0.5) is 4.79 Å². The maximum atomic E-state index is 12.2. The van der Waals surface area contributed by atoms with Gasteiger partial charge in [-0.1, -0.05) is 0 Å². The molecule has 3 aliphatic rings. The lowest BCUT2D eigenvalue weighted by atomic mass is 10.1. The van der Waals surface area contributed by atoms with E-state index in [1.807, 2.05) is 0 Å². The van der Waals surface area contributed by atoms with Gasteiger partial charge in [-0.15, -0.1) is 0 Å². The Kier molecular flexibility index (Phi) is 3.41. The first-order valence-corrected chi connectivity index (χ1v) is 6.45. The van der Waals surface area contributed by atoms with Crippen LogP contribution in [0.2, 0.25) is 0 Å². The molecular formula is C10H15N5O7. The van der Waals surface area contributed by atoms with E-state index < -0.39 is 48.9 Å². The van der Waals surface area contributed by atoms with Crippen molar-refractivity contribution in [1.82, 2.24) is 15.5 Å². The number of rotatable bonds is 3. The molecule has 3 rings (SSSR count). The van der Waals surface area contributed by atoms with Gasteiger partial charge in [-0.2, -0.15) is 4.89 Å². The third kappa shape index (κ3) is 1.93. The minimum atomic E-state index is -2.16. The molecule has 0 saturated carbocycles. The number of aliphatic imine (C=N–C) groups is 1. The van der Waals surface area contributed by atoms with E-state index in [0.29, 0.717) is 0 Å². The van der Waals surface area contributed by atoms with Crippen molar-refractivity contribution in [2.75, 3.05) is 6.61 Å². The van der Waals surface area contributed by atoms with Crippen LogP contribution in [0, 0.1) is 0 Å². The molecule has 2 unspecified atom stereocenters. The maximum absolute atomic E-state index is 12.2. The van der Waals surface area contributed by atoms with Crippen LogP contribution in [0.5, 0.6) is 0 Å². The number of guanidine groups is 1. The van der Waals surface area contributed by atoms with E-state index in [9.17, 15) is 14.7 Å². The highest BCUT2D eigenvalue weighted by atomic mass is 17.1. The van der Waals surface area contributed by atoms with Crippen LogP contribution in [-0.4, -0.2) is 75.2 Å². The van der Waals surface area contributed by atoms with Crippen LogP contribution in [0.15, 0.2) is 4.99 Å². The van der Waals surface area contributed by atoms with Gasteiger partial charge in [0.15, 0.2) is 12.1 Å². The molecule has 0 aliphatic carbocycles. The Labute approximate surface area is 123 Å². The standard InChI is InChI=1S/C10H15N5O7/c11-8-12-6-10(22-20,7(18)13-8)14-9(19)15(6)5-1-3(17)4(2-16)21-5/h3-6,16-17,20H,1-2H2,(H,14,19)(H3,11,12,13,18)/t3-,4+,5+,6?,10?/m0/s1. The first-order chi connectivity index (χ1) is 10.4. The highest BCUT2D eigenvalue weighted by Gasteiger charge is 2.64. The minimum Gasteiger partial charge on any atom is -0.394 e. The number of urea groups is 1. The molecule has 0 aromatic rings. The Morgan fingerprint density at radius 3 is 2.86 bits per heavy atom. The summed E-state index contributed by atoms with van der Waals surface area (Å²) in [6, 6.07) is -0.802. The van der Waals surface area contributed by atoms with Gasteiger partial charge < -0.3 is 20.7 Å². The molecule has 22 heavy (non-hydrogen) atoms. The van der Waals surface area contributed by atoms with Gasteiger partial charge in [0, 0.05) is 6.42 Å². The van der Waals surface area contributed by atoms with E-state index in [1.165, 1.54) is 0 Å². The summed E-state index contributed by atoms with van der Waals surface area (Å²) < 4.78 is 5.37. The van der Waals surface area contributed by atoms with Gasteiger partial charge in [-0.25, -0.2) is 15.0 Å². The Morgan fingerprint density at radius 1 is 1.55 bits per heavy atom. The highest BCUT2D eigenvalue weighted by molar-refractivity contribution is 6.05. The zero-order valence-corrected chi connectivity index (χ0v) is 11.2. The van der Waals surface area contributed by atoms with Crippen LogP contribution >= 0.6 is 0 Å². The third-order valence-electron chi connectivity index (χ3n) is 3.83. The number of nitrogens with two attached hydrogens (primary N) is 1. The van der Waals surface area contributed by atoms with Crippen LogP contribution in [-0.2, 0) is 14.4 Å². The lowest BCUT2D eigenvalue weighted by molar-refractivity contribution is -0.324. The lowest BCUT2D eigenvalue weighted by Crippen LogP contribution is -2.67. The molecule has 122 valence electrons. The summed E-state index contributed by atoms with van der Waals surface area (Å²) in [5.74, 6) is -1.16. The Balaban J connectivity index is 1.94. The molecule has 3 amide bonds. The third-order valence-corrected chi connectivity index (χ3v) is 3.83. The summed E-state index contributed by atoms with van der Waals surface area (Å²) in [6.07, 6.45) is -4.17. The molecule has 7 N–H and O–H groups in total. The van der Waals surface area contributed by atoms with Gasteiger partial charge in [-0.3, -0.25) is 20.3 Å². The summed E-state index contributed by atoms with van der Waals surface area (Å²) in [6.45, 7) is -0.439. The zero-order chi connectivity index (χ0) is 16.1. The van der Waals surface area contributed by atoms with E-state index in [1.54, 1.807) is 0 Å². The van der Waals surface area contributed by atoms with Crippen molar-refractivity contribution in [3.63, 3.8) is 0 Å². The summed E-state index contributed by atoms with van der Waals surface area (Å²) in [4.78, 5) is 33.2. The van der Waals surface area contributed by atoms with Crippen molar-refractivity contribution in [2.24, 2.45) is 10.7 Å². The summed E-state index contributed by atoms with van der Waals surface area (Å²) in [5, 5.41) is 32.3. The van der Waals surface area contributed by atoms with Crippen LogP contribution in [0.3, 0.4) is 0 Å². The van der Waals surface area contributed by atoms with Gasteiger partial charge in [0.25, 0.3) is 11.6 Å². The molecule has 3 aliphatic heterocycles. The Bertz CT molecular complexity index is 542. The van der Waals surface area contributed by atoms with Gasteiger partial charge in [0.1, 0.15) is 12.3 Å². The predicted molar refractivity (Wildman–Crippen MR) is 66.7 cm³/mol. The van der Waals surface area contributed by atoms with E-state index in [-0.39, 0.29) is 12.4 Å². The lowest BCUT2D eigenvalue weighted by Gasteiger charge is -2.34. The van der Waals surface area contributed by atoms with E-state index in [2.05, 4.69) is 20.5 Å². The van der Waals surface area contributed by atoms with Crippen molar-refractivity contribution in [3.8, 4) is 0 Å². The van der Waals surface area contributed by atoms with E-state index in [4.69, 9.17) is 20.8 Å². The monoisotopic (exact) mass is 317 g/mol. The minimum absolute atomic E-state index is 0.00625. The second kappa shape index (κ2) is 5.03. The number of carbonyl (C=O) groups is 2. The molecule has 0 aromatic carbocycles. The molecule has 12 heteroatoms.